The maximum absolute atomic E-state index is 12.6. The molecular weight excluding hydrogens is 383 g/mol. The van der Waals surface area contributed by atoms with Gasteiger partial charge in [0.2, 0.25) is 5.91 Å². The number of carbonyl (C=O) groups excluding carboxylic acids is 1. The van der Waals surface area contributed by atoms with Crippen molar-refractivity contribution in [1.82, 2.24) is 10.6 Å². The van der Waals surface area contributed by atoms with E-state index in [-0.39, 0.29) is 23.7 Å². The molecule has 27 heavy (non-hydrogen) atoms. The summed E-state index contributed by atoms with van der Waals surface area (Å²) in [5.41, 5.74) is 1.15. The molecule has 0 saturated carbocycles. The van der Waals surface area contributed by atoms with Gasteiger partial charge < -0.3 is 15.4 Å². The number of rotatable bonds is 5. The molecule has 3 fully saturated rings. The van der Waals surface area contributed by atoms with Gasteiger partial charge in [-0.3, -0.25) is 4.79 Å². The standard InChI is InChI=1S/C21H29ClN2O2.ClH/c22-17-3-1-2-16(13-17)21(6-8-26-9-7-21)14-23-20(25)12-15-10-18-4-5-19(11-15)24-18;/h1-3,13,15,18-19,24H,4-12,14H2,(H,23,25);1H. The number of hydrogen-bond donors (Lipinski definition) is 2. The van der Waals surface area contributed by atoms with Crippen molar-refractivity contribution in [2.24, 2.45) is 5.92 Å². The smallest absolute Gasteiger partial charge is 0.220 e. The number of nitrogens with one attached hydrogen (secondary N) is 2. The Hall–Kier alpha value is -0.810. The SMILES string of the molecule is Cl.O=C(CC1CC2CCC(C1)N2)NCC1(c2cccc(Cl)c2)CCOCC1. The second-order valence-corrected chi connectivity index (χ2v) is 8.80. The Morgan fingerprint density at radius 2 is 1.93 bits per heavy atom. The van der Waals surface area contributed by atoms with Crippen LogP contribution in [0.4, 0.5) is 0 Å². The molecule has 2 atom stereocenters. The van der Waals surface area contributed by atoms with Crippen molar-refractivity contribution >= 4 is 29.9 Å². The van der Waals surface area contributed by atoms with Crippen LogP contribution < -0.4 is 10.6 Å². The normalized spacial score (nSPS) is 29.0. The molecule has 3 heterocycles. The van der Waals surface area contributed by atoms with E-state index < -0.39 is 0 Å². The fraction of sp³-hybridized carbons (Fsp3) is 0.667. The minimum absolute atomic E-state index is 0. The molecule has 2 unspecified atom stereocenters. The first-order valence-electron chi connectivity index (χ1n) is 9.99. The molecule has 1 amide bonds. The van der Waals surface area contributed by atoms with Crippen molar-refractivity contribution in [2.45, 2.75) is 62.4 Å². The second kappa shape index (κ2) is 9.13. The van der Waals surface area contributed by atoms with Crippen molar-refractivity contribution in [2.75, 3.05) is 19.8 Å². The number of fused-ring (bicyclic) bond motifs is 2. The third-order valence-electron chi connectivity index (χ3n) is 6.56. The van der Waals surface area contributed by atoms with Gasteiger partial charge >= 0.3 is 0 Å². The van der Waals surface area contributed by atoms with E-state index in [1.807, 2.05) is 18.2 Å². The highest BCUT2D eigenvalue weighted by Crippen LogP contribution is 2.36. The lowest BCUT2D eigenvalue weighted by Gasteiger charge is -2.38. The van der Waals surface area contributed by atoms with Crippen molar-refractivity contribution in [3.05, 3.63) is 34.9 Å². The lowest BCUT2D eigenvalue weighted by Crippen LogP contribution is -2.45. The summed E-state index contributed by atoms with van der Waals surface area (Å²) in [6.45, 7) is 2.15. The van der Waals surface area contributed by atoms with Crippen LogP contribution in [0, 0.1) is 5.92 Å². The van der Waals surface area contributed by atoms with E-state index in [2.05, 4.69) is 16.7 Å². The molecule has 150 valence electrons. The van der Waals surface area contributed by atoms with Crippen LogP contribution in [0.3, 0.4) is 0 Å². The average molecular weight is 413 g/mol. The van der Waals surface area contributed by atoms with Crippen LogP contribution in [0.15, 0.2) is 24.3 Å². The second-order valence-electron chi connectivity index (χ2n) is 8.36. The lowest BCUT2D eigenvalue weighted by atomic mass is 9.74. The number of halogens is 2. The molecule has 6 heteroatoms. The first-order chi connectivity index (χ1) is 12.6. The van der Waals surface area contributed by atoms with Crippen molar-refractivity contribution in [3.8, 4) is 0 Å². The third kappa shape index (κ3) is 4.97. The Labute approximate surface area is 173 Å². The van der Waals surface area contributed by atoms with Gasteiger partial charge in [-0.25, -0.2) is 0 Å². The van der Waals surface area contributed by atoms with Gasteiger partial charge in [-0.2, -0.15) is 0 Å². The van der Waals surface area contributed by atoms with Crippen LogP contribution in [-0.4, -0.2) is 37.7 Å². The van der Waals surface area contributed by atoms with E-state index in [4.69, 9.17) is 16.3 Å². The molecule has 0 aliphatic carbocycles. The Morgan fingerprint density at radius 1 is 1.22 bits per heavy atom. The maximum Gasteiger partial charge on any atom is 0.220 e. The number of hydrogen-bond acceptors (Lipinski definition) is 3. The first-order valence-corrected chi connectivity index (χ1v) is 10.4. The fourth-order valence-corrected chi connectivity index (χ4v) is 5.28. The van der Waals surface area contributed by atoms with Crippen molar-refractivity contribution in [1.29, 1.82) is 0 Å². The van der Waals surface area contributed by atoms with E-state index in [1.54, 1.807) is 0 Å². The number of ether oxygens (including phenoxy) is 1. The van der Waals surface area contributed by atoms with Gasteiger partial charge in [-0.15, -0.1) is 12.4 Å². The van der Waals surface area contributed by atoms with Gasteiger partial charge in [-0.05, 0) is 62.1 Å². The molecule has 0 spiro atoms. The quantitative estimate of drug-likeness (QED) is 0.771. The Balaban J connectivity index is 0.00000210. The van der Waals surface area contributed by atoms with Crippen molar-refractivity contribution < 1.29 is 9.53 Å². The highest BCUT2D eigenvalue weighted by Gasteiger charge is 2.36. The summed E-state index contributed by atoms with van der Waals surface area (Å²) >= 11 is 6.23. The highest BCUT2D eigenvalue weighted by atomic mass is 35.5. The third-order valence-corrected chi connectivity index (χ3v) is 6.79. The molecule has 1 aromatic carbocycles. The molecule has 4 rings (SSSR count). The fourth-order valence-electron chi connectivity index (χ4n) is 5.09. The lowest BCUT2D eigenvalue weighted by molar-refractivity contribution is -0.122. The van der Waals surface area contributed by atoms with Crippen LogP contribution in [-0.2, 0) is 14.9 Å². The molecule has 1 aromatic rings. The summed E-state index contributed by atoms with van der Waals surface area (Å²) in [5, 5.41) is 7.66. The van der Waals surface area contributed by atoms with Crippen LogP contribution >= 0.6 is 24.0 Å². The monoisotopic (exact) mass is 412 g/mol. The number of benzene rings is 1. The van der Waals surface area contributed by atoms with Crippen LogP contribution in [0.5, 0.6) is 0 Å². The van der Waals surface area contributed by atoms with Gasteiger partial charge in [0, 0.05) is 48.7 Å². The Morgan fingerprint density at radius 3 is 2.59 bits per heavy atom. The topological polar surface area (TPSA) is 50.4 Å². The Bertz CT molecular complexity index is 637. The van der Waals surface area contributed by atoms with Gasteiger partial charge in [0.05, 0.1) is 0 Å². The van der Waals surface area contributed by atoms with Crippen LogP contribution in [0.2, 0.25) is 5.02 Å². The van der Waals surface area contributed by atoms with Gasteiger partial charge in [0.1, 0.15) is 0 Å². The molecule has 2 N–H and O–H groups in total. The van der Waals surface area contributed by atoms with Gasteiger partial charge in [0.25, 0.3) is 0 Å². The summed E-state index contributed by atoms with van der Waals surface area (Å²) in [7, 11) is 0. The summed E-state index contributed by atoms with van der Waals surface area (Å²) < 4.78 is 5.58. The zero-order chi connectivity index (χ0) is 18.0. The molecule has 3 saturated heterocycles. The van der Waals surface area contributed by atoms with E-state index in [1.165, 1.54) is 18.4 Å². The van der Waals surface area contributed by atoms with Crippen LogP contribution in [0.25, 0.3) is 0 Å². The van der Waals surface area contributed by atoms with E-state index in [0.29, 0.717) is 31.0 Å². The summed E-state index contributed by atoms with van der Waals surface area (Å²) in [6.07, 6.45) is 7.36. The molecule has 0 aromatic heterocycles. The van der Waals surface area contributed by atoms with E-state index in [9.17, 15) is 4.79 Å². The summed E-state index contributed by atoms with van der Waals surface area (Å²) in [4.78, 5) is 12.6. The largest absolute Gasteiger partial charge is 0.381 e. The molecule has 0 radical (unpaired) electrons. The first kappa shape index (κ1) is 20.9. The van der Waals surface area contributed by atoms with Gasteiger partial charge in [-0.1, -0.05) is 23.7 Å². The molecule has 3 aliphatic rings. The zero-order valence-electron chi connectivity index (χ0n) is 15.7. The van der Waals surface area contributed by atoms with E-state index >= 15 is 0 Å². The Kier molecular flexibility index (Phi) is 7.07. The predicted molar refractivity (Wildman–Crippen MR) is 111 cm³/mol. The molecule has 4 nitrogen and oxygen atoms in total. The molecule has 2 bridgehead atoms. The van der Waals surface area contributed by atoms with Gasteiger partial charge in [0.15, 0.2) is 0 Å². The average Bonchev–Trinajstić information content (AvgIpc) is 2.99. The summed E-state index contributed by atoms with van der Waals surface area (Å²) in [6, 6.07) is 9.36. The predicted octanol–water partition coefficient (Wildman–Crippen LogP) is 3.85. The zero-order valence-corrected chi connectivity index (χ0v) is 17.3. The minimum atomic E-state index is -0.0635. The molecular formula is C21H30Cl2N2O2. The number of piperidine rings is 1. The maximum atomic E-state index is 12.6. The molecule has 3 aliphatic heterocycles. The van der Waals surface area contributed by atoms with E-state index in [0.717, 1.165) is 43.9 Å². The number of carbonyl (C=O) groups is 1. The highest BCUT2D eigenvalue weighted by molar-refractivity contribution is 6.30. The van der Waals surface area contributed by atoms with Crippen LogP contribution in [0.1, 0.15) is 50.5 Å². The minimum Gasteiger partial charge on any atom is -0.381 e. The summed E-state index contributed by atoms with van der Waals surface area (Å²) in [5.74, 6) is 0.731. The number of amides is 1. The van der Waals surface area contributed by atoms with Crippen molar-refractivity contribution in [3.63, 3.8) is 0 Å².